The lowest BCUT2D eigenvalue weighted by atomic mass is 9.89. The van der Waals surface area contributed by atoms with Gasteiger partial charge in [-0.3, -0.25) is 0 Å². The quantitative estimate of drug-likeness (QED) is 0.801. The number of hydrogen-bond donors (Lipinski definition) is 1. The number of nitrogens with one attached hydrogen (secondary N) is 1. The molecule has 2 atom stereocenters. The van der Waals surface area contributed by atoms with Gasteiger partial charge in [0.2, 0.25) is 0 Å². The Balaban J connectivity index is 1.93. The van der Waals surface area contributed by atoms with Gasteiger partial charge in [-0.1, -0.05) is 29.8 Å². The first-order valence-electron chi connectivity index (χ1n) is 7.19. The molecule has 0 radical (unpaired) electrons. The van der Waals surface area contributed by atoms with Crippen LogP contribution in [0.4, 0.5) is 0 Å². The predicted molar refractivity (Wildman–Crippen MR) is 77.3 cm³/mol. The fourth-order valence-corrected chi connectivity index (χ4v) is 2.64. The van der Waals surface area contributed by atoms with E-state index in [1.165, 1.54) is 24.0 Å². The SMILES string of the molecule is COCCNCC1CCCOC1c1ccc(C)cc1. The van der Waals surface area contributed by atoms with E-state index in [1.807, 2.05) is 0 Å². The van der Waals surface area contributed by atoms with Crippen molar-refractivity contribution in [1.82, 2.24) is 5.32 Å². The van der Waals surface area contributed by atoms with E-state index < -0.39 is 0 Å². The van der Waals surface area contributed by atoms with Gasteiger partial charge in [-0.2, -0.15) is 0 Å². The third-order valence-corrected chi connectivity index (χ3v) is 3.74. The van der Waals surface area contributed by atoms with Crippen LogP contribution in [-0.2, 0) is 9.47 Å². The summed E-state index contributed by atoms with van der Waals surface area (Å²) in [6.07, 6.45) is 2.64. The Morgan fingerprint density at radius 1 is 1.32 bits per heavy atom. The Morgan fingerprint density at radius 3 is 2.84 bits per heavy atom. The van der Waals surface area contributed by atoms with Crippen LogP contribution >= 0.6 is 0 Å². The lowest BCUT2D eigenvalue weighted by Gasteiger charge is -2.32. The molecule has 0 aliphatic carbocycles. The van der Waals surface area contributed by atoms with E-state index in [0.29, 0.717) is 5.92 Å². The highest BCUT2D eigenvalue weighted by atomic mass is 16.5. The number of benzene rings is 1. The number of hydrogen-bond acceptors (Lipinski definition) is 3. The molecule has 1 aromatic carbocycles. The molecule has 1 aliphatic rings. The van der Waals surface area contributed by atoms with E-state index in [-0.39, 0.29) is 6.10 Å². The van der Waals surface area contributed by atoms with Crippen molar-refractivity contribution in [2.45, 2.75) is 25.9 Å². The fourth-order valence-electron chi connectivity index (χ4n) is 2.64. The zero-order valence-corrected chi connectivity index (χ0v) is 12.0. The first-order valence-corrected chi connectivity index (χ1v) is 7.19. The molecule has 0 amide bonds. The van der Waals surface area contributed by atoms with E-state index in [0.717, 1.165) is 26.3 Å². The minimum atomic E-state index is 0.240. The summed E-state index contributed by atoms with van der Waals surface area (Å²) in [5.41, 5.74) is 2.61. The standard InChI is InChI=1S/C16H25NO2/c1-13-5-7-14(8-6-13)16-15(4-3-10-19-16)12-17-9-11-18-2/h5-8,15-17H,3-4,9-12H2,1-2H3. The highest BCUT2D eigenvalue weighted by Crippen LogP contribution is 2.33. The van der Waals surface area contributed by atoms with Gasteiger partial charge in [0.25, 0.3) is 0 Å². The van der Waals surface area contributed by atoms with Crippen molar-refractivity contribution in [3.8, 4) is 0 Å². The van der Waals surface area contributed by atoms with Crippen LogP contribution < -0.4 is 5.32 Å². The topological polar surface area (TPSA) is 30.5 Å². The van der Waals surface area contributed by atoms with Crippen LogP contribution in [0.3, 0.4) is 0 Å². The number of aryl methyl sites for hydroxylation is 1. The van der Waals surface area contributed by atoms with Gasteiger partial charge >= 0.3 is 0 Å². The zero-order chi connectivity index (χ0) is 13.5. The Morgan fingerprint density at radius 2 is 2.11 bits per heavy atom. The third kappa shape index (κ3) is 4.30. The maximum absolute atomic E-state index is 6.00. The molecule has 2 unspecified atom stereocenters. The second kappa shape index (κ2) is 7.63. The summed E-state index contributed by atoms with van der Waals surface area (Å²) in [7, 11) is 1.74. The van der Waals surface area contributed by atoms with E-state index in [1.54, 1.807) is 7.11 Å². The molecule has 1 heterocycles. The third-order valence-electron chi connectivity index (χ3n) is 3.74. The van der Waals surface area contributed by atoms with Crippen molar-refractivity contribution < 1.29 is 9.47 Å². The van der Waals surface area contributed by atoms with Crippen molar-refractivity contribution in [3.63, 3.8) is 0 Å². The molecule has 0 bridgehead atoms. The predicted octanol–water partition coefficient (Wildman–Crippen LogP) is 2.70. The fraction of sp³-hybridized carbons (Fsp3) is 0.625. The van der Waals surface area contributed by atoms with Gasteiger partial charge < -0.3 is 14.8 Å². The number of methoxy groups -OCH3 is 1. The molecule has 3 nitrogen and oxygen atoms in total. The summed E-state index contributed by atoms with van der Waals surface area (Å²) in [4.78, 5) is 0. The van der Waals surface area contributed by atoms with Crippen LogP contribution in [0.5, 0.6) is 0 Å². The largest absolute Gasteiger partial charge is 0.383 e. The van der Waals surface area contributed by atoms with Gasteiger partial charge in [0, 0.05) is 32.7 Å². The lowest BCUT2D eigenvalue weighted by Crippen LogP contribution is -2.33. The summed E-state index contributed by atoms with van der Waals surface area (Å²) in [5, 5.41) is 3.46. The van der Waals surface area contributed by atoms with Crippen LogP contribution in [0.25, 0.3) is 0 Å². The van der Waals surface area contributed by atoms with Crippen LogP contribution in [0, 0.1) is 12.8 Å². The van der Waals surface area contributed by atoms with Crippen LogP contribution in [-0.4, -0.2) is 33.4 Å². The smallest absolute Gasteiger partial charge is 0.0865 e. The molecule has 19 heavy (non-hydrogen) atoms. The summed E-state index contributed by atoms with van der Waals surface area (Å²) in [6, 6.07) is 8.74. The first-order chi connectivity index (χ1) is 9.31. The average molecular weight is 263 g/mol. The van der Waals surface area contributed by atoms with Crippen LogP contribution in [0.15, 0.2) is 24.3 Å². The molecular formula is C16H25NO2. The van der Waals surface area contributed by atoms with Gasteiger partial charge in [0.05, 0.1) is 12.7 Å². The maximum atomic E-state index is 6.00. The molecule has 106 valence electrons. The Bertz CT molecular complexity index is 364. The van der Waals surface area contributed by atoms with Crippen LogP contribution in [0.2, 0.25) is 0 Å². The highest BCUT2D eigenvalue weighted by Gasteiger charge is 2.26. The summed E-state index contributed by atoms with van der Waals surface area (Å²) < 4.78 is 11.1. The monoisotopic (exact) mass is 263 g/mol. The van der Waals surface area contributed by atoms with Crippen molar-refractivity contribution in [3.05, 3.63) is 35.4 Å². The molecule has 1 aromatic rings. The maximum Gasteiger partial charge on any atom is 0.0865 e. The second-order valence-electron chi connectivity index (χ2n) is 5.30. The summed E-state index contributed by atoms with van der Waals surface area (Å²) in [5.74, 6) is 0.563. The molecule has 1 N–H and O–H groups in total. The normalized spacial score (nSPS) is 23.5. The van der Waals surface area contributed by atoms with Crippen LogP contribution in [0.1, 0.15) is 30.1 Å². The van der Waals surface area contributed by atoms with Crippen molar-refractivity contribution >= 4 is 0 Å². The minimum Gasteiger partial charge on any atom is -0.383 e. The summed E-state index contributed by atoms with van der Waals surface area (Å²) in [6.45, 7) is 5.68. The Kier molecular flexibility index (Phi) is 5.83. The molecule has 2 rings (SSSR count). The first kappa shape index (κ1) is 14.5. The van der Waals surface area contributed by atoms with Gasteiger partial charge in [-0.25, -0.2) is 0 Å². The zero-order valence-electron chi connectivity index (χ0n) is 12.0. The van der Waals surface area contributed by atoms with Crippen molar-refractivity contribution in [2.75, 3.05) is 33.4 Å². The molecule has 0 spiro atoms. The van der Waals surface area contributed by atoms with E-state index >= 15 is 0 Å². The molecule has 0 saturated carbocycles. The van der Waals surface area contributed by atoms with Gasteiger partial charge in [0.1, 0.15) is 0 Å². The van der Waals surface area contributed by atoms with Gasteiger partial charge in [0.15, 0.2) is 0 Å². The molecule has 3 heteroatoms. The number of rotatable bonds is 6. The summed E-state index contributed by atoms with van der Waals surface area (Å²) >= 11 is 0. The van der Waals surface area contributed by atoms with E-state index in [9.17, 15) is 0 Å². The highest BCUT2D eigenvalue weighted by molar-refractivity contribution is 5.24. The van der Waals surface area contributed by atoms with Crippen molar-refractivity contribution in [1.29, 1.82) is 0 Å². The second-order valence-corrected chi connectivity index (χ2v) is 5.30. The number of ether oxygens (including phenoxy) is 2. The van der Waals surface area contributed by atoms with Gasteiger partial charge in [-0.05, 0) is 25.3 Å². The van der Waals surface area contributed by atoms with E-state index in [4.69, 9.17) is 9.47 Å². The lowest BCUT2D eigenvalue weighted by molar-refractivity contribution is -0.0280. The molecule has 1 saturated heterocycles. The van der Waals surface area contributed by atoms with E-state index in [2.05, 4.69) is 36.5 Å². The van der Waals surface area contributed by atoms with Gasteiger partial charge in [-0.15, -0.1) is 0 Å². The Labute approximate surface area is 116 Å². The minimum absolute atomic E-state index is 0.240. The average Bonchev–Trinajstić information content (AvgIpc) is 2.45. The molecular weight excluding hydrogens is 238 g/mol. The molecule has 0 aromatic heterocycles. The Hall–Kier alpha value is -0.900. The van der Waals surface area contributed by atoms with Crippen molar-refractivity contribution in [2.24, 2.45) is 5.92 Å². The molecule has 1 fully saturated rings. The molecule has 1 aliphatic heterocycles.